The lowest BCUT2D eigenvalue weighted by molar-refractivity contribution is 0.504. The lowest BCUT2D eigenvalue weighted by Gasteiger charge is -2.26. The first-order valence-corrected chi connectivity index (χ1v) is 8.46. The van der Waals surface area contributed by atoms with Gasteiger partial charge in [0.15, 0.2) is 0 Å². The highest BCUT2D eigenvalue weighted by atomic mass is 35.5. The third kappa shape index (κ3) is 1.96. The fourth-order valence-electron chi connectivity index (χ4n) is 4.11. The maximum Gasteiger partial charge on any atom is 0.0522 e. The minimum Gasteiger partial charge on any atom is -0.0836 e. The first kappa shape index (κ1) is 13.4. The average molecular weight is 297 g/mol. The van der Waals surface area contributed by atoms with E-state index in [2.05, 4.69) is 38.1 Å². The molecule has 21 heavy (non-hydrogen) atoms. The van der Waals surface area contributed by atoms with Crippen LogP contribution in [0.15, 0.2) is 18.2 Å². The number of allylic oxidation sites excluding steroid dienone is 1. The summed E-state index contributed by atoms with van der Waals surface area (Å²) in [6, 6.07) is 4.68. The number of rotatable bonds is 0. The van der Waals surface area contributed by atoms with Gasteiger partial charge in [-0.2, -0.15) is 0 Å². The highest BCUT2D eigenvalue weighted by Crippen LogP contribution is 2.41. The van der Waals surface area contributed by atoms with Crippen LogP contribution in [0.2, 0.25) is 5.02 Å². The fraction of sp³-hybridized carbons (Fsp3) is 0.400. The van der Waals surface area contributed by atoms with Gasteiger partial charge in [0.2, 0.25) is 0 Å². The molecule has 1 heteroatoms. The molecule has 2 aromatic carbocycles. The number of aryl methyl sites for hydroxylation is 2. The van der Waals surface area contributed by atoms with Crippen molar-refractivity contribution >= 4 is 28.4 Å². The van der Waals surface area contributed by atoms with E-state index in [1.165, 1.54) is 57.9 Å². The van der Waals surface area contributed by atoms with Crippen LogP contribution in [-0.2, 0) is 19.3 Å². The van der Waals surface area contributed by atoms with Crippen LogP contribution in [0.5, 0.6) is 0 Å². The van der Waals surface area contributed by atoms with Gasteiger partial charge in [-0.25, -0.2) is 0 Å². The van der Waals surface area contributed by atoms with Crippen LogP contribution in [0.1, 0.15) is 47.6 Å². The molecule has 0 N–H and O–H groups in total. The standard InChI is InChI=1S/C20H21Cl/c1-12-7-8-14-9-10-17-16-6-4-3-5-15(16)13(2)20(21)19(17)18(14)11-12/h3,5,9-10,12H,4,6-8,11H2,1-2H3. The molecule has 1 unspecified atom stereocenters. The number of fused-ring (bicyclic) bond motifs is 5. The monoisotopic (exact) mass is 296 g/mol. The van der Waals surface area contributed by atoms with Crippen LogP contribution in [0.4, 0.5) is 0 Å². The summed E-state index contributed by atoms with van der Waals surface area (Å²) in [4.78, 5) is 0. The van der Waals surface area contributed by atoms with Gasteiger partial charge in [-0.15, -0.1) is 0 Å². The second kappa shape index (κ2) is 4.88. The van der Waals surface area contributed by atoms with Crippen molar-refractivity contribution < 1.29 is 0 Å². The van der Waals surface area contributed by atoms with Crippen LogP contribution in [-0.4, -0.2) is 0 Å². The lowest BCUT2D eigenvalue weighted by Crippen LogP contribution is -2.13. The first-order valence-electron chi connectivity index (χ1n) is 8.08. The summed E-state index contributed by atoms with van der Waals surface area (Å²) in [5.74, 6) is 0.774. The van der Waals surface area contributed by atoms with Crippen molar-refractivity contribution in [3.63, 3.8) is 0 Å². The van der Waals surface area contributed by atoms with Crippen molar-refractivity contribution in [2.24, 2.45) is 5.92 Å². The Balaban J connectivity index is 2.11. The Hall–Kier alpha value is -1.27. The maximum atomic E-state index is 6.81. The van der Waals surface area contributed by atoms with Gasteiger partial charge < -0.3 is 0 Å². The van der Waals surface area contributed by atoms with Crippen LogP contribution in [0, 0.1) is 12.8 Å². The number of benzene rings is 2. The summed E-state index contributed by atoms with van der Waals surface area (Å²) < 4.78 is 0. The van der Waals surface area contributed by atoms with E-state index in [1.54, 1.807) is 0 Å². The molecule has 2 aliphatic rings. The fourth-order valence-corrected chi connectivity index (χ4v) is 4.43. The van der Waals surface area contributed by atoms with Gasteiger partial charge in [0.1, 0.15) is 0 Å². The highest BCUT2D eigenvalue weighted by Gasteiger charge is 2.23. The molecule has 0 nitrogen and oxygen atoms in total. The zero-order valence-corrected chi connectivity index (χ0v) is 13.6. The minimum absolute atomic E-state index is 0.774. The molecular weight excluding hydrogens is 276 g/mol. The zero-order chi connectivity index (χ0) is 14.6. The Labute approximate surface area is 131 Å². The lowest BCUT2D eigenvalue weighted by atomic mass is 9.79. The third-order valence-corrected chi connectivity index (χ3v) is 5.79. The second-order valence-corrected chi connectivity index (χ2v) is 7.12. The van der Waals surface area contributed by atoms with Gasteiger partial charge in [0.05, 0.1) is 5.02 Å². The molecule has 0 saturated carbocycles. The zero-order valence-electron chi connectivity index (χ0n) is 12.8. The van der Waals surface area contributed by atoms with Gasteiger partial charge >= 0.3 is 0 Å². The van der Waals surface area contributed by atoms with E-state index in [9.17, 15) is 0 Å². The molecule has 2 aliphatic carbocycles. The molecular formula is C20H21Cl. The van der Waals surface area contributed by atoms with Crippen molar-refractivity contribution in [2.45, 2.75) is 46.0 Å². The molecule has 0 fully saturated rings. The molecule has 0 aliphatic heterocycles. The van der Waals surface area contributed by atoms with Gasteiger partial charge in [0, 0.05) is 5.39 Å². The number of hydrogen-bond donors (Lipinski definition) is 0. The topological polar surface area (TPSA) is 0 Å². The third-order valence-electron chi connectivity index (χ3n) is 5.32. The quantitative estimate of drug-likeness (QED) is 0.569. The maximum absolute atomic E-state index is 6.81. The average Bonchev–Trinajstić information content (AvgIpc) is 2.51. The SMILES string of the molecule is Cc1c2c(c3ccc4c(c3c1Cl)CC(C)CC4)CCC=C2. The molecule has 2 aromatic rings. The molecule has 0 saturated heterocycles. The normalized spacial score (nSPS) is 20.4. The predicted octanol–water partition coefficient (Wildman–Crippen LogP) is 5.89. The predicted molar refractivity (Wildman–Crippen MR) is 92.2 cm³/mol. The van der Waals surface area contributed by atoms with E-state index in [4.69, 9.17) is 11.6 Å². The van der Waals surface area contributed by atoms with E-state index < -0.39 is 0 Å². The Morgan fingerprint density at radius 2 is 2.00 bits per heavy atom. The van der Waals surface area contributed by atoms with Crippen LogP contribution < -0.4 is 0 Å². The largest absolute Gasteiger partial charge is 0.0836 e. The van der Waals surface area contributed by atoms with E-state index in [0.29, 0.717) is 0 Å². The summed E-state index contributed by atoms with van der Waals surface area (Å²) in [6.07, 6.45) is 10.5. The van der Waals surface area contributed by atoms with Crippen molar-refractivity contribution in [3.05, 3.63) is 51.0 Å². The van der Waals surface area contributed by atoms with Crippen molar-refractivity contribution in [1.29, 1.82) is 0 Å². The summed E-state index contributed by atoms with van der Waals surface area (Å²) >= 11 is 6.81. The van der Waals surface area contributed by atoms with Gasteiger partial charge in [-0.05, 0) is 78.1 Å². The van der Waals surface area contributed by atoms with Crippen LogP contribution in [0.25, 0.3) is 16.8 Å². The summed E-state index contributed by atoms with van der Waals surface area (Å²) in [7, 11) is 0. The second-order valence-electron chi connectivity index (χ2n) is 6.75. The van der Waals surface area contributed by atoms with Crippen LogP contribution >= 0.6 is 11.6 Å². The van der Waals surface area contributed by atoms with E-state index >= 15 is 0 Å². The molecule has 4 rings (SSSR count). The molecule has 0 amide bonds. The minimum atomic E-state index is 0.774. The number of hydrogen-bond acceptors (Lipinski definition) is 0. The molecule has 0 heterocycles. The summed E-state index contributed by atoms with van der Waals surface area (Å²) in [5, 5.41) is 3.74. The van der Waals surface area contributed by atoms with E-state index in [1.807, 2.05) is 0 Å². The Kier molecular flexibility index (Phi) is 3.11. The molecule has 1 atom stereocenters. The van der Waals surface area contributed by atoms with Crippen molar-refractivity contribution in [1.82, 2.24) is 0 Å². The number of halogens is 1. The Morgan fingerprint density at radius 1 is 1.14 bits per heavy atom. The summed E-state index contributed by atoms with van der Waals surface area (Å²) in [5.41, 5.74) is 7.18. The first-order chi connectivity index (χ1) is 10.2. The molecule has 0 aromatic heterocycles. The smallest absolute Gasteiger partial charge is 0.0522 e. The molecule has 0 bridgehead atoms. The van der Waals surface area contributed by atoms with Crippen LogP contribution in [0.3, 0.4) is 0 Å². The van der Waals surface area contributed by atoms with Crippen molar-refractivity contribution in [2.75, 3.05) is 0 Å². The van der Waals surface area contributed by atoms with Gasteiger partial charge in [0.25, 0.3) is 0 Å². The van der Waals surface area contributed by atoms with Gasteiger partial charge in [-0.1, -0.05) is 42.8 Å². The summed E-state index contributed by atoms with van der Waals surface area (Å²) in [6.45, 7) is 4.55. The molecule has 108 valence electrons. The Morgan fingerprint density at radius 3 is 2.86 bits per heavy atom. The van der Waals surface area contributed by atoms with E-state index in [-0.39, 0.29) is 0 Å². The van der Waals surface area contributed by atoms with Gasteiger partial charge in [-0.3, -0.25) is 0 Å². The highest BCUT2D eigenvalue weighted by molar-refractivity contribution is 6.37. The van der Waals surface area contributed by atoms with E-state index in [0.717, 1.165) is 23.8 Å². The van der Waals surface area contributed by atoms with Crippen molar-refractivity contribution in [3.8, 4) is 0 Å². The molecule has 0 spiro atoms. The Bertz CT molecular complexity index is 767. The molecule has 0 radical (unpaired) electrons.